The molecule has 5 heteroatoms. The van der Waals surface area contributed by atoms with Crippen molar-refractivity contribution in [1.82, 2.24) is 0 Å². The highest BCUT2D eigenvalue weighted by atomic mass is 19.1. The molecule has 0 spiro atoms. The van der Waals surface area contributed by atoms with Crippen LogP contribution >= 0.6 is 0 Å². The van der Waals surface area contributed by atoms with Gasteiger partial charge in [-0.1, -0.05) is 54.1 Å². The van der Waals surface area contributed by atoms with Gasteiger partial charge in [0.05, 0.1) is 18.7 Å². The fraction of sp³-hybridized carbons (Fsp3) is 0.200. The van der Waals surface area contributed by atoms with Crippen LogP contribution in [0.15, 0.2) is 66.7 Å². The predicted octanol–water partition coefficient (Wildman–Crippen LogP) is 4.45. The third-order valence-corrected chi connectivity index (χ3v) is 5.64. The summed E-state index contributed by atoms with van der Waals surface area (Å²) in [6, 6.07) is 18.5. The number of hydrogen-bond acceptors (Lipinski definition) is 3. The van der Waals surface area contributed by atoms with Crippen LogP contribution in [0.5, 0.6) is 0 Å². The molecule has 3 aromatic carbocycles. The van der Waals surface area contributed by atoms with E-state index in [-0.39, 0.29) is 18.7 Å². The maximum atomic E-state index is 14.2. The zero-order chi connectivity index (χ0) is 21.5. The van der Waals surface area contributed by atoms with E-state index < -0.39 is 17.3 Å². The molecule has 4 rings (SSSR count). The first-order valence-electron chi connectivity index (χ1n) is 9.79. The van der Waals surface area contributed by atoms with E-state index in [2.05, 4.69) is 0 Å². The van der Waals surface area contributed by atoms with Crippen LogP contribution in [-0.4, -0.2) is 16.8 Å². The van der Waals surface area contributed by atoms with E-state index in [9.17, 15) is 19.1 Å². The molecular formula is C25H22FNO3. The molecule has 1 amide bonds. The van der Waals surface area contributed by atoms with E-state index in [1.165, 1.54) is 11.0 Å². The third-order valence-electron chi connectivity index (χ3n) is 5.64. The molecule has 0 aromatic heterocycles. The van der Waals surface area contributed by atoms with Gasteiger partial charge in [0.2, 0.25) is 0 Å². The van der Waals surface area contributed by atoms with Crippen LogP contribution in [0.1, 0.15) is 39.0 Å². The fourth-order valence-corrected chi connectivity index (χ4v) is 4.00. The summed E-state index contributed by atoms with van der Waals surface area (Å²) in [7, 11) is 0. The number of Topliss-reactive ketones (excluding diaryl/α,β-unsaturated/α-hetero) is 1. The predicted molar refractivity (Wildman–Crippen MR) is 113 cm³/mol. The molecule has 1 heterocycles. The summed E-state index contributed by atoms with van der Waals surface area (Å²) in [5, 5.41) is 11.4. The second kappa shape index (κ2) is 7.50. The fourth-order valence-electron chi connectivity index (χ4n) is 4.00. The zero-order valence-electron chi connectivity index (χ0n) is 16.9. The van der Waals surface area contributed by atoms with E-state index in [1.54, 1.807) is 48.5 Å². The van der Waals surface area contributed by atoms with Gasteiger partial charge >= 0.3 is 0 Å². The van der Waals surface area contributed by atoms with Crippen LogP contribution in [0.3, 0.4) is 0 Å². The lowest BCUT2D eigenvalue weighted by atomic mass is 9.87. The molecule has 3 aromatic rings. The summed E-state index contributed by atoms with van der Waals surface area (Å²) in [5.41, 5.74) is 1.40. The minimum Gasteiger partial charge on any atom is -0.375 e. The Balaban J connectivity index is 1.71. The Morgan fingerprint density at radius 2 is 1.73 bits per heavy atom. The smallest absolute Gasteiger partial charge is 0.264 e. The number of benzene rings is 3. The lowest BCUT2D eigenvalue weighted by molar-refractivity contribution is -0.136. The zero-order valence-corrected chi connectivity index (χ0v) is 16.9. The average Bonchev–Trinajstić information content (AvgIpc) is 2.93. The topological polar surface area (TPSA) is 57.6 Å². The molecule has 0 radical (unpaired) electrons. The minimum atomic E-state index is -1.99. The minimum absolute atomic E-state index is 0.0253. The maximum absolute atomic E-state index is 14.2. The summed E-state index contributed by atoms with van der Waals surface area (Å²) in [5.74, 6) is -1.36. The Morgan fingerprint density at radius 3 is 2.50 bits per heavy atom. The number of carbonyl (C=O) groups is 2. The lowest BCUT2D eigenvalue weighted by Crippen LogP contribution is -2.41. The number of fused-ring (bicyclic) bond motifs is 1. The number of aliphatic hydroxyl groups is 1. The molecule has 152 valence electrons. The highest BCUT2D eigenvalue weighted by Gasteiger charge is 2.50. The molecule has 1 N–H and O–H groups in total. The number of amides is 1. The Labute approximate surface area is 174 Å². The number of ketones is 1. The van der Waals surface area contributed by atoms with E-state index in [0.717, 1.165) is 11.1 Å². The first-order valence-corrected chi connectivity index (χ1v) is 9.79. The number of rotatable bonds is 5. The summed E-state index contributed by atoms with van der Waals surface area (Å²) >= 11 is 0. The van der Waals surface area contributed by atoms with E-state index in [4.69, 9.17) is 0 Å². The molecule has 1 atom stereocenters. The molecule has 30 heavy (non-hydrogen) atoms. The quantitative estimate of drug-likeness (QED) is 0.641. The van der Waals surface area contributed by atoms with Gasteiger partial charge in [0.15, 0.2) is 11.4 Å². The summed E-state index contributed by atoms with van der Waals surface area (Å²) in [6.07, 6.45) is -0.374. The van der Waals surface area contributed by atoms with Crippen LogP contribution < -0.4 is 4.90 Å². The van der Waals surface area contributed by atoms with Gasteiger partial charge in [0, 0.05) is 16.7 Å². The van der Waals surface area contributed by atoms with Crippen molar-refractivity contribution in [2.24, 2.45) is 0 Å². The first kappa shape index (κ1) is 20.0. The molecule has 1 aliphatic rings. The van der Waals surface area contributed by atoms with Crippen LogP contribution in [0.25, 0.3) is 0 Å². The highest BCUT2D eigenvalue weighted by Crippen LogP contribution is 2.43. The van der Waals surface area contributed by atoms with Gasteiger partial charge in [-0.25, -0.2) is 4.39 Å². The molecule has 0 bridgehead atoms. The molecule has 0 saturated carbocycles. The number of nitrogens with zero attached hydrogens (tertiary/aromatic N) is 1. The second-order valence-electron chi connectivity index (χ2n) is 7.78. The SMILES string of the molecule is Cc1ccc(C)c(C(=O)C[C@@]2(O)C(=O)N(Cc3ccccc3F)c3ccccc32)c1. The van der Waals surface area contributed by atoms with E-state index in [1.807, 2.05) is 26.0 Å². The Morgan fingerprint density at radius 1 is 1.03 bits per heavy atom. The number of hydrogen-bond donors (Lipinski definition) is 1. The van der Waals surface area contributed by atoms with Crippen LogP contribution in [-0.2, 0) is 16.9 Å². The van der Waals surface area contributed by atoms with Crippen molar-refractivity contribution in [2.45, 2.75) is 32.4 Å². The van der Waals surface area contributed by atoms with Gasteiger partial charge < -0.3 is 10.0 Å². The van der Waals surface area contributed by atoms with Crippen molar-refractivity contribution in [3.8, 4) is 0 Å². The summed E-state index contributed by atoms with van der Waals surface area (Å²) in [6.45, 7) is 3.69. The lowest BCUT2D eigenvalue weighted by Gasteiger charge is -2.23. The molecule has 0 fully saturated rings. The summed E-state index contributed by atoms with van der Waals surface area (Å²) in [4.78, 5) is 27.7. The molecule has 0 saturated heterocycles. The van der Waals surface area contributed by atoms with Gasteiger partial charge in [-0.15, -0.1) is 0 Å². The van der Waals surface area contributed by atoms with Gasteiger partial charge in [-0.3, -0.25) is 9.59 Å². The number of aryl methyl sites for hydroxylation is 2. The number of carbonyl (C=O) groups excluding carboxylic acids is 2. The normalized spacial score (nSPS) is 17.9. The number of para-hydroxylation sites is 1. The Hall–Kier alpha value is -3.31. The molecule has 1 aliphatic heterocycles. The van der Waals surface area contributed by atoms with Gasteiger partial charge in [-0.2, -0.15) is 0 Å². The van der Waals surface area contributed by atoms with Crippen molar-refractivity contribution in [3.05, 3.63) is 100 Å². The Kier molecular flexibility index (Phi) is 5.00. The first-order chi connectivity index (χ1) is 14.3. The van der Waals surface area contributed by atoms with Crippen molar-refractivity contribution >= 4 is 17.4 Å². The molecule has 0 unspecified atom stereocenters. The van der Waals surface area contributed by atoms with Crippen molar-refractivity contribution in [2.75, 3.05) is 4.90 Å². The number of halogens is 1. The molecular weight excluding hydrogens is 381 g/mol. The average molecular weight is 403 g/mol. The largest absolute Gasteiger partial charge is 0.375 e. The van der Waals surface area contributed by atoms with Gasteiger partial charge in [0.1, 0.15) is 5.82 Å². The van der Waals surface area contributed by atoms with Gasteiger partial charge in [-0.05, 0) is 37.6 Å². The van der Waals surface area contributed by atoms with Crippen LogP contribution in [0, 0.1) is 19.7 Å². The van der Waals surface area contributed by atoms with Crippen LogP contribution in [0.4, 0.5) is 10.1 Å². The van der Waals surface area contributed by atoms with Crippen LogP contribution in [0.2, 0.25) is 0 Å². The number of anilines is 1. The maximum Gasteiger partial charge on any atom is 0.264 e. The van der Waals surface area contributed by atoms with E-state index >= 15 is 0 Å². The van der Waals surface area contributed by atoms with Crippen molar-refractivity contribution in [3.63, 3.8) is 0 Å². The molecule has 0 aliphatic carbocycles. The van der Waals surface area contributed by atoms with Gasteiger partial charge in [0.25, 0.3) is 5.91 Å². The summed E-state index contributed by atoms with van der Waals surface area (Å²) < 4.78 is 14.2. The van der Waals surface area contributed by atoms with E-state index in [0.29, 0.717) is 22.4 Å². The Bertz CT molecular complexity index is 1160. The third kappa shape index (κ3) is 3.31. The standard InChI is InChI=1S/C25H22FNO3/c1-16-11-12-17(2)19(13-16)23(28)14-25(30)20-8-4-6-10-22(20)27(24(25)29)15-18-7-3-5-9-21(18)26/h3-13,30H,14-15H2,1-2H3/t25-/m0/s1. The highest BCUT2D eigenvalue weighted by molar-refractivity contribution is 6.11. The van der Waals surface area contributed by atoms with Crippen molar-refractivity contribution < 1.29 is 19.1 Å². The second-order valence-corrected chi connectivity index (χ2v) is 7.78. The monoisotopic (exact) mass is 403 g/mol. The van der Waals surface area contributed by atoms with Crippen molar-refractivity contribution in [1.29, 1.82) is 0 Å². The molecule has 4 nitrogen and oxygen atoms in total.